The van der Waals surface area contributed by atoms with Crippen LogP contribution in [0.2, 0.25) is 0 Å². The molecule has 2 atom stereocenters. The SMILES string of the molecule is NC(=O)C1CCONC1C(N)=O. The zero-order valence-corrected chi connectivity index (χ0v) is 6.45. The Hall–Kier alpha value is -1.14. The zero-order chi connectivity index (χ0) is 9.14. The molecule has 6 heteroatoms. The second kappa shape index (κ2) is 3.51. The van der Waals surface area contributed by atoms with Crippen LogP contribution in [0.1, 0.15) is 6.42 Å². The first-order valence-corrected chi connectivity index (χ1v) is 3.59. The second-order valence-corrected chi connectivity index (χ2v) is 2.64. The third-order valence-electron chi connectivity index (χ3n) is 1.82. The van der Waals surface area contributed by atoms with Gasteiger partial charge in [-0.2, -0.15) is 5.48 Å². The van der Waals surface area contributed by atoms with E-state index in [9.17, 15) is 9.59 Å². The van der Waals surface area contributed by atoms with Gasteiger partial charge in [0.1, 0.15) is 6.04 Å². The molecule has 2 amide bonds. The third-order valence-corrected chi connectivity index (χ3v) is 1.82. The van der Waals surface area contributed by atoms with Crippen LogP contribution >= 0.6 is 0 Å². The van der Waals surface area contributed by atoms with E-state index in [0.717, 1.165) is 0 Å². The van der Waals surface area contributed by atoms with Crippen molar-refractivity contribution < 1.29 is 14.4 Å². The van der Waals surface area contributed by atoms with Gasteiger partial charge in [-0.25, -0.2) is 0 Å². The first-order chi connectivity index (χ1) is 5.63. The van der Waals surface area contributed by atoms with Crippen molar-refractivity contribution in [3.05, 3.63) is 0 Å². The molecule has 0 aliphatic carbocycles. The summed E-state index contributed by atoms with van der Waals surface area (Å²) >= 11 is 0. The van der Waals surface area contributed by atoms with Crippen LogP contribution in [0.15, 0.2) is 0 Å². The summed E-state index contributed by atoms with van der Waals surface area (Å²) in [5.74, 6) is -1.72. The molecular formula is C6H11N3O3. The van der Waals surface area contributed by atoms with E-state index >= 15 is 0 Å². The smallest absolute Gasteiger partial charge is 0.237 e. The lowest BCUT2D eigenvalue weighted by atomic mass is 9.95. The normalized spacial score (nSPS) is 29.7. The van der Waals surface area contributed by atoms with E-state index in [1.165, 1.54) is 0 Å². The van der Waals surface area contributed by atoms with Crippen LogP contribution in [0, 0.1) is 5.92 Å². The molecule has 5 N–H and O–H groups in total. The van der Waals surface area contributed by atoms with Gasteiger partial charge in [-0.15, -0.1) is 0 Å². The van der Waals surface area contributed by atoms with Crippen molar-refractivity contribution in [2.24, 2.45) is 17.4 Å². The molecule has 1 heterocycles. The maximum Gasteiger partial charge on any atom is 0.237 e. The Bertz CT molecular complexity index is 184. The molecule has 0 aromatic rings. The highest BCUT2D eigenvalue weighted by Crippen LogP contribution is 2.12. The highest BCUT2D eigenvalue weighted by molar-refractivity contribution is 5.88. The van der Waals surface area contributed by atoms with Gasteiger partial charge in [0.15, 0.2) is 0 Å². The molecule has 6 nitrogen and oxygen atoms in total. The Morgan fingerprint density at radius 3 is 2.42 bits per heavy atom. The Morgan fingerprint density at radius 2 is 2.00 bits per heavy atom. The Balaban J connectivity index is 2.67. The Kier molecular flexibility index (Phi) is 2.61. The number of nitrogens with two attached hydrogens (primary N) is 2. The molecule has 0 saturated carbocycles. The number of amides is 2. The number of hydrogen-bond donors (Lipinski definition) is 3. The fourth-order valence-electron chi connectivity index (χ4n) is 1.15. The first kappa shape index (κ1) is 8.95. The number of nitrogens with one attached hydrogen (secondary N) is 1. The molecule has 1 aliphatic rings. The van der Waals surface area contributed by atoms with Gasteiger partial charge in [0.05, 0.1) is 12.5 Å². The number of hydrogen-bond acceptors (Lipinski definition) is 4. The molecule has 0 spiro atoms. The van der Waals surface area contributed by atoms with E-state index in [1.54, 1.807) is 0 Å². The largest absolute Gasteiger partial charge is 0.369 e. The molecule has 1 aliphatic heterocycles. The molecule has 1 rings (SSSR count). The molecule has 12 heavy (non-hydrogen) atoms. The van der Waals surface area contributed by atoms with E-state index in [1.807, 2.05) is 0 Å². The number of primary amides is 2. The van der Waals surface area contributed by atoms with Crippen molar-refractivity contribution in [1.29, 1.82) is 0 Å². The van der Waals surface area contributed by atoms with Gasteiger partial charge in [0, 0.05) is 0 Å². The number of hydroxylamine groups is 1. The standard InChI is InChI=1S/C6H11N3O3/c7-5(10)3-1-2-12-9-4(3)6(8)11/h3-4,9H,1-2H2,(H2,7,10)(H2,8,11). The average molecular weight is 173 g/mol. The summed E-state index contributed by atoms with van der Waals surface area (Å²) in [6.07, 6.45) is 0.427. The van der Waals surface area contributed by atoms with Gasteiger partial charge < -0.3 is 16.3 Å². The van der Waals surface area contributed by atoms with Gasteiger partial charge in [-0.3, -0.25) is 9.59 Å². The highest BCUT2D eigenvalue weighted by Gasteiger charge is 2.33. The van der Waals surface area contributed by atoms with Crippen molar-refractivity contribution in [3.63, 3.8) is 0 Å². The van der Waals surface area contributed by atoms with Gasteiger partial charge in [0.25, 0.3) is 0 Å². The maximum absolute atomic E-state index is 10.8. The van der Waals surface area contributed by atoms with Crippen molar-refractivity contribution in [1.82, 2.24) is 5.48 Å². The summed E-state index contributed by atoms with van der Waals surface area (Å²) in [6, 6.07) is -0.795. The number of carbonyl (C=O) groups excluding carboxylic acids is 2. The minimum atomic E-state index is -0.795. The fraction of sp³-hybridized carbons (Fsp3) is 0.667. The van der Waals surface area contributed by atoms with E-state index < -0.39 is 23.8 Å². The quantitative estimate of drug-likeness (QED) is 0.443. The zero-order valence-electron chi connectivity index (χ0n) is 6.45. The topological polar surface area (TPSA) is 107 Å². The predicted molar refractivity (Wildman–Crippen MR) is 39.4 cm³/mol. The molecule has 0 aromatic heterocycles. The van der Waals surface area contributed by atoms with Crippen molar-refractivity contribution in [2.45, 2.75) is 12.5 Å². The summed E-state index contributed by atoms with van der Waals surface area (Å²) in [4.78, 5) is 26.3. The molecule has 2 unspecified atom stereocenters. The number of carbonyl (C=O) groups is 2. The van der Waals surface area contributed by atoms with Gasteiger partial charge in [0.2, 0.25) is 11.8 Å². The molecule has 0 radical (unpaired) electrons. The average Bonchev–Trinajstić information content (AvgIpc) is 2.04. The maximum atomic E-state index is 10.8. The van der Waals surface area contributed by atoms with Crippen molar-refractivity contribution in [2.75, 3.05) is 6.61 Å². The lowest BCUT2D eigenvalue weighted by Gasteiger charge is -2.27. The van der Waals surface area contributed by atoms with E-state index in [4.69, 9.17) is 16.3 Å². The van der Waals surface area contributed by atoms with E-state index in [-0.39, 0.29) is 0 Å². The van der Waals surface area contributed by atoms with Crippen LogP contribution in [-0.4, -0.2) is 24.5 Å². The van der Waals surface area contributed by atoms with Crippen LogP contribution in [0.25, 0.3) is 0 Å². The monoisotopic (exact) mass is 173 g/mol. The molecule has 0 bridgehead atoms. The fourth-order valence-corrected chi connectivity index (χ4v) is 1.15. The second-order valence-electron chi connectivity index (χ2n) is 2.64. The minimum absolute atomic E-state index is 0.359. The molecule has 1 fully saturated rings. The molecular weight excluding hydrogens is 162 g/mol. The summed E-state index contributed by atoms with van der Waals surface area (Å²) in [6.45, 7) is 0.359. The molecule has 68 valence electrons. The molecule has 0 aromatic carbocycles. The van der Waals surface area contributed by atoms with E-state index in [0.29, 0.717) is 13.0 Å². The van der Waals surface area contributed by atoms with Gasteiger partial charge in [-0.05, 0) is 6.42 Å². The first-order valence-electron chi connectivity index (χ1n) is 3.59. The third kappa shape index (κ3) is 1.72. The van der Waals surface area contributed by atoms with Crippen LogP contribution in [0.5, 0.6) is 0 Å². The van der Waals surface area contributed by atoms with Crippen LogP contribution in [0.4, 0.5) is 0 Å². The minimum Gasteiger partial charge on any atom is -0.369 e. The summed E-state index contributed by atoms with van der Waals surface area (Å²) in [7, 11) is 0. The van der Waals surface area contributed by atoms with Crippen LogP contribution < -0.4 is 16.9 Å². The lowest BCUT2D eigenvalue weighted by Crippen LogP contribution is -2.54. The number of rotatable bonds is 2. The lowest BCUT2D eigenvalue weighted by molar-refractivity contribution is -0.141. The summed E-state index contributed by atoms with van der Waals surface area (Å²) in [5, 5.41) is 0. The van der Waals surface area contributed by atoms with Gasteiger partial charge in [-0.1, -0.05) is 0 Å². The van der Waals surface area contributed by atoms with Crippen LogP contribution in [-0.2, 0) is 14.4 Å². The highest BCUT2D eigenvalue weighted by atomic mass is 16.6. The van der Waals surface area contributed by atoms with E-state index in [2.05, 4.69) is 5.48 Å². The predicted octanol–water partition coefficient (Wildman–Crippen LogP) is -2.13. The molecule has 1 saturated heterocycles. The Morgan fingerprint density at radius 1 is 1.33 bits per heavy atom. The summed E-state index contributed by atoms with van der Waals surface area (Å²) in [5.41, 5.74) is 12.4. The van der Waals surface area contributed by atoms with Crippen molar-refractivity contribution in [3.8, 4) is 0 Å². The van der Waals surface area contributed by atoms with Crippen LogP contribution in [0.3, 0.4) is 0 Å². The van der Waals surface area contributed by atoms with Crippen molar-refractivity contribution >= 4 is 11.8 Å². The Labute approximate surface area is 69.2 Å². The summed E-state index contributed by atoms with van der Waals surface area (Å²) < 4.78 is 0. The van der Waals surface area contributed by atoms with Gasteiger partial charge >= 0.3 is 0 Å².